The minimum atomic E-state index is -0.826. The molecule has 94 valence electrons. The summed E-state index contributed by atoms with van der Waals surface area (Å²) in [7, 11) is 0. The molecular formula is C10H15N3O2S2. The Bertz CT molecular complexity index is 419. The number of rotatable bonds is 4. The zero-order valence-corrected chi connectivity index (χ0v) is 11.5. The van der Waals surface area contributed by atoms with Crippen LogP contribution in [0.15, 0.2) is 4.34 Å². The first-order valence-electron chi connectivity index (χ1n) is 5.45. The Labute approximate surface area is 108 Å². The zero-order chi connectivity index (χ0) is 12.5. The highest BCUT2D eigenvalue weighted by molar-refractivity contribution is 8.01. The SMILES string of the molecule is CC1(C)CCCN1c1nnc(SCC(=O)O)s1. The van der Waals surface area contributed by atoms with Gasteiger partial charge in [0, 0.05) is 12.1 Å². The summed E-state index contributed by atoms with van der Waals surface area (Å²) in [6, 6.07) is 0. The van der Waals surface area contributed by atoms with E-state index in [0.717, 1.165) is 22.4 Å². The van der Waals surface area contributed by atoms with Crippen molar-refractivity contribution in [1.82, 2.24) is 10.2 Å². The van der Waals surface area contributed by atoms with Gasteiger partial charge in [0.25, 0.3) is 0 Å². The van der Waals surface area contributed by atoms with Gasteiger partial charge in [-0.25, -0.2) is 0 Å². The fourth-order valence-corrected chi connectivity index (χ4v) is 3.71. The smallest absolute Gasteiger partial charge is 0.313 e. The molecule has 1 N–H and O–H groups in total. The average molecular weight is 273 g/mol. The molecule has 0 amide bonds. The fraction of sp³-hybridized carbons (Fsp3) is 0.700. The average Bonchev–Trinajstić information content (AvgIpc) is 2.80. The number of aliphatic carboxylic acids is 1. The van der Waals surface area contributed by atoms with E-state index in [9.17, 15) is 4.79 Å². The first-order valence-corrected chi connectivity index (χ1v) is 7.25. The van der Waals surface area contributed by atoms with Gasteiger partial charge in [-0.05, 0) is 26.7 Å². The van der Waals surface area contributed by atoms with Gasteiger partial charge >= 0.3 is 5.97 Å². The van der Waals surface area contributed by atoms with Crippen LogP contribution in [0.1, 0.15) is 26.7 Å². The third-order valence-corrected chi connectivity index (χ3v) is 4.91. The number of hydrogen-bond acceptors (Lipinski definition) is 6. The molecule has 1 saturated heterocycles. The van der Waals surface area contributed by atoms with Crippen LogP contribution in [0.2, 0.25) is 0 Å². The van der Waals surface area contributed by atoms with Crippen LogP contribution < -0.4 is 4.90 Å². The third kappa shape index (κ3) is 2.90. The van der Waals surface area contributed by atoms with E-state index in [1.807, 2.05) is 0 Å². The Morgan fingerprint density at radius 1 is 1.59 bits per heavy atom. The van der Waals surface area contributed by atoms with Crippen molar-refractivity contribution in [2.75, 3.05) is 17.2 Å². The van der Waals surface area contributed by atoms with E-state index in [-0.39, 0.29) is 11.3 Å². The van der Waals surface area contributed by atoms with E-state index in [4.69, 9.17) is 5.11 Å². The highest BCUT2D eigenvalue weighted by Crippen LogP contribution is 2.37. The lowest BCUT2D eigenvalue weighted by Crippen LogP contribution is -2.38. The number of nitrogens with zero attached hydrogens (tertiary/aromatic N) is 3. The van der Waals surface area contributed by atoms with Crippen molar-refractivity contribution >= 4 is 34.2 Å². The van der Waals surface area contributed by atoms with E-state index in [0.29, 0.717) is 0 Å². The maximum atomic E-state index is 10.5. The molecular weight excluding hydrogens is 258 g/mol. The van der Waals surface area contributed by atoms with Crippen molar-refractivity contribution in [3.8, 4) is 0 Å². The van der Waals surface area contributed by atoms with Crippen LogP contribution in [0.3, 0.4) is 0 Å². The monoisotopic (exact) mass is 273 g/mol. The van der Waals surface area contributed by atoms with Crippen molar-refractivity contribution in [2.45, 2.75) is 36.6 Å². The summed E-state index contributed by atoms with van der Waals surface area (Å²) in [5.41, 5.74) is 0.133. The lowest BCUT2D eigenvalue weighted by atomic mass is 10.0. The number of carboxylic acids is 1. The quantitative estimate of drug-likeness (QED) is 0.847. The van der Waals surface area contributed by atoms with Gasteiger partial charge in [0.2, 0.25) is 5.13 Å². The standard InChI is InChI=1S/C10H15N3O2S2/c1-10(2)4-3-5-13(10)8-11-12-9(17-8)16-6-7(14)15/h3-6H2,1-2H3,(H,14,15). The second-order valence-corrected chi connectivity index (χ2v) is 6.78. The second kappa shape index (κ2) is 4.81. The van der Waals surface area contributed by atoms with Crippen LogP contribution in [0, 0.1) is 0 Å². The summed E-state index contributed by atoms with van der Waals surface area (Å²) in [5, 5.41) is 17.7. The van der Waals surface area contributed by atoms with Crippen molar-refractivity contribution in [3.05, 3.63) is 0 Å². The molecule has 0 spiro atoms. The number of thioether (sulfide) groups is 1. The summed E-state index contributed by atoms with van der Waals surface area (Å²) >= 11 is 2.70. The molecule has 0 aliphatic carbocycles. The Balaban J connectivity index is 2.05. The highest BCUT2D eigenvalue weighted by Gasteiger charge is 2.34. The zero-order valence-electron chi connectivity index (χ0n) is 9.84. The number of carboxylic acid groups (broad SMARTS) is 1. The molecule has 0 radical (unpaired) electrons. The molecule has 0 bridgehead atoms. The molecule has 7 heteroatoms. The van der Waals surface area contributed by atoms with Crippen molar-refractivity contribution < 1.29 is 9.90 Å². The maximum absolute atomic E-state index is 10.5. The third-order valence-electron chi connectivity index (χ3n) is 2.85. The Morgan fingerprint density at radius 2 is 2.35 bits per heavy atom. The molecule has 5 nitrogen and oxygen atoms in total. The van der Waals surface area contributed by atoms with Crippen molar-refractivity contribution in [1.29, 1.82) is 0 Å². The molecule has 0 atom stereocenters. The molecule has 1 aliphatic rings. The van der Waals surface area contributed by atoms with Gasteiger partial charge in [-0.3, -0.25) is 4.79 Å². The number of anilines is 1. The Hall–Kier alpha value is -0.820. The van der Waals surface area contributed by atoms with Crippen LogP contribution in [-0.2, 0) is 4.79 Å². The van der Waals surface area contributed by atoms with Gasteiger partial charge in [0.05, 0.1) is 5.75 Å². The minimum absolute atomic E-state index is 0.0397. The van der Waals surface area contributed by atoms with E-state index in [1.54, 1.807) is 0 Å². The van der Waals surface area contributed by atoms with E-state index in [2.05, 4.69) is 28.9 Å². The predicted molar refractivity (Wildman–Crippen MR) is 68.9 cm³/mol. The van der Waals surface area contributed by atoms with Crippen LogP contribution in [0.4, 0.5) is 5.13 Å². The molecule has 0 aromatic carbocycles. The first kappa shape index (κ1) is 12.6. The molecule has 17 heavy (non-hydrogen) atoms. The first-order chi connectivity index (χ1) is 7.99. The topological polar surface area (TPSA) is 66.3 Å². The maximum Gasteiger partial charge on any atom is 0.313 e. The number of aromatic nitrogens is 2. The summed E-state index contributed by atoms with van der Waals surface area (Å²) < 4.78 is 0.727. The normalized spacial score (nSPS) is 18.6. The lowest BCUT2D eigenvalue weighted by Gasteiger charge is -2.30. The minimum Gasteiger partial charge on any atom is -0.481 e. The largest absolute Gasteiger partial charge is 0.481 e. The van der Waals surface area contributed by atoms with Gasteiger partial charge in [-0.2, -0.15) is 0 Å². The molecule has 1 aromatic rings. The molecule has 2 heterocycles. The van der Waals surface area contributed by atoms with Gasteiger partial charge in [-0.1, -0.05) is 23.1 Å². The molecule has 0 unspecified atom stereocenters. The van der Waals surface area contributed by atoms with Gasteiger partial charge in [-0.15, -0.1) is 10.2 Å². The van der Waals surface area contributed by atoms with Gasteiger partial charge in [0.1, 0.15) is 0 Å². The van der Waals surface area contributed by atoms with E-state index in [1.165, 1.54) is 29.5 Å². The Kier molecular flexibility index (Phi) is 3.58. The Morgan fingerprint density at radius 3 is 2.94 bits per heavy atom. The van der Waals surface area contributed by atoms with Crippen LogP contribution in [0.5, 0.6) is 0 Å². The summed E-state index contributed by atoms with van der Waals surface area (Å²) in [6.07, 6.45) is 2.33. The van der Waals surface area contributed by atoms with Crippen molar-refractivity contribution in [3.63, 3.8) is 0 Å². The molecule has 1 aliphatic heterocycles. The second-order valence-electron chi connectivity index (χ2n) is 4.60. The number of carbonyl (C=O) groups is 1. The predicted octanol–water partition coefficient (Wildman–Crippen LogP) is 2.09. The van der Waals surface area contributed by atoms with Crippen LogP contribution in [-0.4, -0.2) is 39.1 Å². The van der Waals surface area contributed by atoms with Crippen LogP contribution in [0.25, 0.3) is 0 Å². The molecule has 1 aromatic heterocycles. The van der Waals surface area contributed by atoms with E-state index >= 15 is 0 Å². The lowest BCUT2D eigenvalue weighted by molar-refractivity contribution is -0.133. The summed E-state index contributed by atoms with van der Waals surface area (Å²) in [5.74, 6) is -0.786. The van der Waals surface area contributed by atoms with Crippen LogP contribution >= 0.6 is 23.1 Å². The van der Waals surface area contributed by atoms with Gasteiger partial charge < -0.3 is 10.0 Å². The highest BCUT2D eigenvalue weighted by atomic mass is 32.2. The molecule has 0 saturated carbocycles. The molecule has 1 fully saturated rings. The van der Waals surface area contributed by atoms with Crippen molar-refractivity contribution in [2.24, 2.45) is 0 Å². The molecule has 2 rings (SSSR count). The summed E-state index contributed by atoms with van der Waals surface area (Å²) in [4.78, 5) is 12.7. The number of hydrogen-bond donors (Lipinski definition) is 1. The van der Waals surface area contributed by atoms with Gasteiger partial charge in [0.15, 0.2) is 4.34 Å². The summed E-state index contributed by atoms with van der Waals surface area (Å²) in [6.45, 7) is 5.40. The fourth-order valence-electron chi connectivity index (χ4n) is 1.96. The van der Waals surface area contributed by atoms with E-state index < -0.39 is 5.97 Å².